The first-order valence-electron chi connectivity index (χ1n) is 7.08. The van der Waals surface area contributed by atoms with Crippen LogP contribution >= 0.6 is 11.8 Å². The first kappa shape index (κ1) is 12.8. The van der Waals surface area contributed by atoms with Gasteiger partial charge in [-0.1, -0.05) is 32.6 Å². The molecule has 1 nitrogen and oxygen atoms in total. The van der Waals surface area contributed by atoms with Gasteiger partial charge in [-0.2, -0.15) is 11.8 Å². The molecule has 0 radical (unpaired) electrons. The Morgan fingerprint density at radius 1 is 1.06 bits per heavy atom. The van der Waals surface area contributed by atoms with E-state index in [1.807, 2.05) is 0 Å². The molecule has 16 heavy (non-hydrogen) atoms. The lowest BCUT2D eigenvalue weighted by Gasteiger charge is -2.56. The van der Waals surface area contributed by atoms with Crippen LogP contribution in [0, 0.1) is 5.41 Å². The van der Waals surface area contributed by atoms with Crippen molar-refractivity contribution in [1.82, 2.24) is 0 Å². The van der Waals surface area contributed by atoms with Crippen molar-refractivity contribution in [1.29, 1.82) is 0 Å². The highest BCUT2D eigenvalue weighted by Gasteiger charge is 2.53. The number of hydrogen-bond donors (Lipinski definition) is 1. The van der Waals surface area contributed by atoms with E-state index in [0.717, 1.165) is 12.0 Å². The zero-order chi connectivity index (χ0) is 11.5. The lowest BCUT2D eigenvalue weighted by molar-refractivity contribution is 0.0659. The molecule has 0 amide bonds. The molecule has 2 saturated carbocycles. The molecule has 0 unspecified atom stereocenters. The summed E-state index contributed by atoms with van der Waals surface area (Å²) in [7, 11) is 0. The molecule has 0 saturated heterocycles. The third kappa shape index (κ3) is 2.59. The van der Waals surface area contributed by atoms with Gasteiger partial charge in [0, 0.05) is 11.3 Å². The molecule has 2 rings (SSSR count). The molecule has 0 bridgehead atoms. The molecule has 94 valence electrons. The van der Waals surface area contributed by atoms with E-state index in [1.54, 1.807) is 0 Å². The Labute approximate surface area is 105 Å². The van der Waals surface area contributed by atoms with Crippen molar-refractivity contribution >= 4 is 11.8 Å². The van der Waals surface area contributed by atoms with E-state index in [2.05, 4.69) is 18.7 Å². The zero-order valence-electron chi connectivity index (χ0n) is 10.8. The van der Waals surface area contributed by atoms with Crippen LogP contribution in [-0.2, 0) is 0 Å². The fourth-order valence-corrected chi connectivity index (χ4v) is 5.34. The quantitative estimate of drug-likeness (QED) is 0.806. The van der Waals surface area contributed by atoms with Gasteiger partial charge < -0.3 is 5.73 Å². The van der Waals surface area contributed by atoms with Gasteiger partial charge in [0.05, 0.1) is 0 Å². The highest BCUT2D eigenvalue weighted by atomic mass is 32.2. The SMILES string of the molecule is CCCSC1(CN)CC2(CCCCCC2)C1. The Balaban J connectivity index is 1.88. The predicted molar refractivity (Wildman–Crippen MR) is 73.9 cm³/mol. The number of hydrogen-bond acceptors (Lipinski definition) is 2. The summed E-state index contributed by atoms with van der Waals surface area (Å²) in [6.45, 7) is 3.18. The van der Waals surface area contributed by atoms with E-state index >= 15 is 0 Å². The van der Waals surface area contributed by atoms with Crippen molar-refractivity contribution in [3.63, 3.8) is 0 Å². The summed E-state index contributed by atoms with van der Waals surface area (Å²) < 4.78 is 0.473. The molecule has 0 aliphatic heterocycles. The molecule has 2 fully saturated rings. The Morgan fingerprint density at radius 2 is 1.69 bits per heavy atom. The zero-order valence-corrected chi connectivity index (χ0v) is 11.6. The fraction of sp³-hybridized carbons (Fsp3) is 1.00. The lowest BCUT2D eigenvalue weighted by Crippen LogP contribution is -2.54. The summed E-state index contributed by atoms with van der Waals surface area (Å²) in [6.07, 6.45) is 13.0. The van der Waals surface area contributed by atoms with Gasteiger partial charge in [-0.25, -0.2) is 0 Å². The van der Waals surface area contributed by atoms with Gasteiger partial charge in [-0.05, 0) is 43.3 Å². The van der Waals surface area contributed by atoms with Crippen LogP contribution in [0.4, 0.5) is 0 Å². The second-order valence-corrected chi connectivity index (χ2v) is 7.57. The van der Waals surface area contributed by atoms with E-state index in [4.69, 9.17) is 5.73 Å². The lowest BCUT2D eigenvalue weighted by atomic mass is 9.58. The van der Waals surface area contributed by atoms with Crippen molar-refractivity contribution in [2.45, 2.75) is 69.5 Å². The van der Waals surface area contributed by atoms with E-state index in [9.17, 15) is 0 Å². The monoisotopic (exact) mass is 241 g/mol. The molecule has 0 heterocycles. The van der Waals surface area contributed by atoms with Crippen LogP contribution in [0.15, 0.2) is 0 Å². The highest BCUT2D eigenvalue weighted by molar-refractivity contribution is 8.00. The molecule has 2 aliphatic carbocycles. The highest BCUT2D eigenvalue weighted by Crippen LogP contribution is 2.60. The van der Waals surface area contributed by atoms with Crippen LogP contribution in [0.25, 0.3) is 0 Å². The van der Waals surface area contributed by atoms with Gasteiger partial charge in [0.15, 0.2) is 0 Å². The summed E-state index contributed by atoms with van der Waals surface area (Å²) in [5, 5.41) is 0. The van der Waals surface area contributed by atoms with Gasteiger partial charge in [0.2, 0.25) is 0 Å². The third-order valence-electron chi connectivity index (χ3n) is 4.54. The Bertz CT molecular complexity index is 211. The molecule has 0 atom stereocenters. The molecule has 2 aliphatic rings. The first-order valence-corrected chi connectivity index (χ1v) is 8.07. The van der Waals surface area contributed by atoms with Crippen LogP contribution < -0.4 is 5.73 Å². The largest absolute Gasteiger partial charge is 0.329 e. The Kier molecular flexibility index (Phi) is 4.23. The second kappa shape index (κ2) is 5.30. The van der Waals surface area contributed by atoms with Crippen molar-refractivity contribution < 1.29 is 0 Å². The van der Waals surface area contributed by atoms with Gasteiger partial charge >= 0.3 is 0 Å². The second-order valence-electron chi connectivity index (χ2n) is 6.00. The van der Waals surface area contributed by atoms with E-state index in [-0.39, 0.29) is 0 Å². The standard InChI is InChI=1S/C14H27NS/c1-2-9-16-14(12-15)10-13(11-14)7-5-3-4-6-8-13/h2-12,15H2,1H3. The average molecular weight is 241 g/mol. The number of thioether (sulfide) groups is 1. The molecule has 0 aromatic rings. The van der Waals surface area contributed by atoms with Crippen LogP contribution in [-0.4, -0.2) is 17.0 Å². The predicted octanol–water partition coefficient (Wildman–Crippen LogP) is 3.96. The average Bonchev–Trinajstić information content (AvgIpc) is 2.50. The molecule has 0 aromatic carbocycles. The van der Waals surface area contributed by atoms with E-state index in [1.165, 1.54) is 63.5 Å². The van der Waals surface area contributed by atoms with Gasteiger partial charge in [-0.15, -0.1) is 0 Å². The normalized spacial score (nSPS) is 27.4. The van der Waals surface area contributed by atoms with Crippen molar-refractivity contribution in [3.8, 4) is 0 Å². The topological polar surface area (TPSA) is 26.0 Å². The minimum atomic E-state index is 0.473. The summed E-state index contributed by atoms with van der Waals surface area (Å²) in [5.41, 5.74) is 6.74. The van der Waals surface area contributed by atoms with Crippen LogP contribution in [0.1, 0.15) is 64.7 Å². The van der Waals surface area contributed by atoms with Gasteiger partial charge in [0.1, 0.15) is 0 Å². The van der Waals surface area contributed by atoms with Crippen molar-refractivity contribution in [2.75, 3.05) is 12.3 Å². The van der Waals surface area contributed by atoms with Crippen molar-refractivity contribution in [3.05, 3.63) is 0 Å². The smallest absolute Gasteiger partial charge is 0.0292 e. The van der Waals surface area contributed by atoms with Crippen LogP contribution in [0.5, 0.6) is 0 Å². The molecule has 2 heteroatoms. The maximum absolute atomic E-state index is 6.02. The summed E-state index contributed by atoms with van der Waals surface area (Å²) in [5.74, 6) is 1.30. The van der Waals surface area contributed by atoms with Crippen LogP contribution in [0.3, 0.4) is 0 Å². The van der Waals surface area contributed by atoms with E-state index in [0.29, 0.717) is 4.75 Å². The van der Waals surface area contributed by atoms with E-state index < -0.39 is 0 Å². The molecule has 0 aromatic heterocycles. The fourth-order valence-electron chi connectivity index (χ4n) is 3.77. The summed E-state index contributed by atoms with van der Waals surface area (Å²) in [4.78, 5) is 0. The van der Waals surface area contributed by atoms with Crippen LogP contribution in [0.2, 0.25) is 0 Å². The Morgan fingerprint density at radius 3 is 2.19 bits per heavy atom. The molecular formula is C14H27NS. The summed E-state index contributed by atoms with van der Waals surface area (Å²) in [6, 6.07) is 0. The Hall–Kier alpha value is 0.310. The van der Waals surface area contributed by atoms with Gasteiger partial charge in [-0.3, -0.25) is 0 Å². The summed E-state index contributed by atoms with van der Waals surface area (Å²) >= 11 is 2.16. The minimum absolute atomic E-state index is 0.473. The maximum Gasteiger partial charge on any atom is 0.0292 e. The minimum Gasteiger partial charge on any atom is -0.329 e. The number of rotatable bonds is 4. The third-order valence-corrected chi connectivity index (χ3v) is 6.22. The molecule has 1 spiro atoms. The first-order chi connectivity index (χ1) is 7.74. The van der Waals surface area contributed by atoms with Gasteiger partial charge in [0.25, 0.3) is 0 Å². The molecular weight excluding hydrogens is 214 g/mol. The maximum atomic E-state index is 6.02. The molecule has 2 N–H and O–H groups in total. The number of nitrogens with two attached hydrogens (primary N) is 1. The van der Waals surface area contributed by atoms with Crippen molar-refractivity contribution in [2.24, 2.45) is 11.1 Å².